The molecular weight excluding hydrogens is 520 g/mol. The standard InChI is InChI=1S/C28H32N4O6S/c1-18-12-19(2)14-24(13-18)32(39(35,36)25-10-11-26(37-5)27(16-25)38-6)17-28(34)31-30-20(3)22-8-7-9-23(15-22)29-21(4)33/h7-16H,17H2,1-6H3,(H,29,33)(H,31,34)/b30-20-. The lowest BCUT2D eigenvalue weighted by molar-refractivity contribution is -0.119. The van der Waals surface area contributed by atoms with Crippen molar-refractivity contribution in [2.24, 2.45) is 5.10 Å². The molecule has 11 heteroatoms. The fourth-order valence-electron chi connectivity index (χ4n) is 3.92. The molecule has 0 saturated carbocycles. The monoisotopic (exact) mass is 552 g/mol. The Labute approximate surface area is 228 Å². The summed E-state index contributed by atoms with van der Waals surface area (Å²) in [5.41, 5.74) is 6.18. The van der Waals surface area contributed by atoms with E-state index in [4.69, 9.17) is 9.47 Å². The van der Waals surface area contributed by atoms with Gasteiger partial charge in [0.05, 0.1) is 30.5 Å². The van der Waals surface area contributed by atoms with Crippen LogP contribution < -0.4 is 24.5 Å². The number of nitrogens with one attached hydrogen (secondary N) is 2. The summed E-state index contributed by atoms with van der Waals surface area (Å²) < 4.78 is 39.2. The Balaban J connectivity index is 1.93. The van der Waals surface area contributed by atoms with Crippen LogP contribution in [0.5, 0.6) is 11.5 Å². The molecular formula is C28H32N4O6S. The highest BCUT2D eigenvalue weighted by atomic mass is 32.2. The van der Waals surface area contributed by atoms with E-state index in [9.17, 15) is 18.0 Å². The number of hydrogen-bond acceptors (Lipinski definition) is 7. The molecule has 10 nitrogen and oxygen atoms in total. The highest BCUT2D eigenvalue weighted by Gasteiger charge is 2.28. The number of hydrazone groups is 1. The molecule has 0 spiro atoms. The number of ether oxygens (including phenoxy) is 2. The SMILES string of the molecule is COc1ccc(S(=O)(=O)N(CC(=O)N/N=C(/C)c2cccc(NC(C)=O)c2)c2cc(C)cc(C)c2)cc1OC. The van der Waals surface area contributed by atoms with Crippen LogP contribution in [0.4, 0.5) is 11.4 Å². The number of hydrogen-bond donors (Lipinski definition) is 2. The highest BCUT2D eigenvalue weighted by Crippen LogP contribution is 2.32. The number of carbonyl (C=O) groups excluding carboxylic acids is 2. The summed E-state index contributed by atoms with van der Waals surface area (Å²) in [4.78, 5) is 24.3. The van der Waals surface area contributed by atoms with E-state index in [1.165, 1.54) is 39.3 Å². The molecule has 3 aromatic carbocycles. The number of amides is 2. The van der Waals surface area contributed by atoms with Gasteiger partial charge in [-0.3, -0.25) is 13.9 Å². The molecule has 2 N–H and O–H groups in total. The zero-order valence-electron chi connectivity index (χ0n) is 22.7. The number of aryl methyl sites for hydroxylation is 2. The summed E-state index contributed by atoms with van der Waals surface area (Å²) in [5.74, 6) is -0.238. The Morgan fingerprint density at radius 1 is 0.897 bits per heavy atom. The van der Waals surface area contributed by atoms with Crippen molar-refractivity contribution in [1.29, 1.82) is 0 Å². The quantitative estimate of drug-likeness (QED) is 0.289. The van der Waals surface area contributed by atoms with Crippen LogP contribution in [0.1, 0.15) is 30.5 Å². The molecule has 0 aromatic heterocycles. The van der Waals surface area contributed by atoms with E-state index in [-0.39, 0.29) is 16.6 Å². The molecule has 3 rings (SSSR count). The molecule has 39 heavy (non-hydrogen) atoms. The lowest BCUT2D eigenvalue weighted by atomic mass is 10.1. The smallest absolute Gasteiger partial charge is 0.264 e. The second kappa shape index (κ2) is 12.4. The average Bonchev–Trinajstić information content (AvgIpc) is 2.88. The van der Waals surface area contributed by atoms with Gasteiger partial charge in [-0.25, -0.2) is 13.8 Å². The van der Waals surface area contributed by atoms with E-state index < -0.39 is 22.5 Å². The normalized spacial score (nSPS) is 11.5. The molecule has 0 fully saturated rings. The van der Waals surface area contributed by atoms with Crippen molar-refractivity contribution >= 4 is 38.9 Å². The molecule has 0 unspecified atom stereocenters. The first-order valence-electron chi connectivity index (χ1n) is 12.0. The summed E-state index contributed by atoms with van der Waals surface area (Å²) in [6.45, 7) is 6.27. The predicted molar refractivity (Wildman–Crippen MR) is 151 cm³/mol. The van der Waals surface area contributed by atoms with Gasteiger partial charge in [-0.1, -0.05) is 18.2 Å². The van der Waals surface area contributed by atoms with Gasteiger partial charge in [0.1, 0.15) is 6.54 Å². The number of benzene rings is 3. The zero-order chi connectivity index (χ0) is 28.7. The topological polar surface area (TPSA) is 126 Å². The van der Waals surface area contributed by atoms with Gasteiger partial charge in [-0.2, -0.15) is 5.10 Å². The minimum absolute atomic E-state index is 0.0680. The summed E-state index contributed by atoms with van der Waals surface area (Å²) in [6, 6.07) is 16.5. The summed E-state index contributed by atoms with van der Waals surface area (Å²) in [7, 11) is -1.33. The van der Waals surface area contributed by atoms with E-state index in [1.54, 1.807) is 43.3 Å². The van der Waals surface area contributed by atoms with Crippen molar-refractivity contribution in [1.82, 2.24) is 5.43 Å². The Kier molecular flexibility index (Phi) is 9.31. The predicted octanol–water partition coefficient (Wildman–Crippen LogP) is 4.01. The van der Waals surface area contributed by atoms with E-state index in [2.05, 4.69) is 15.8 Å². The molecule has 0 aliphatic rings. The van der Waals surface area contributed by atoms with E-state index in [1.807, 2.05) is 19.9 Å². The summed E-state index contributed by atoms with van der Waals surface area (Å²) in [6.07, 6.45) is 0. The fourth-order valence-corrected chi connectivity index (χ4v) is 5.34. The molecule has 0 radical (unpaired) electrons. The third-order valence-electron chi connectivity index (χ3n) is 5.67. The molecule has 0 aliphatic heterocycles. The van der Waals surface area contributed by atoms with Crippen LogP contribution in [0.2, 0.25) is 0 Å². The molecule has 0 atom stereocenters. The van der Waals surface area contributed by atoms with Crippen LogP contribution in [-0.4, -0.2) is 46.7 Å². The van der Waals surface area contributed by atoms with Crippen LogP contribution in [0.15, 0.2) is 70.7 Å². The van der Waals surface area contributed by atoms with Crippen LogP contribution in [-0.2, 0) is 19.6 Å². The number of rotatable bonds is 10. The van der Waals surface area contributed by atoms with Gasteiger partial charge in [-0.05, 0) is 73.9 Å². The third-order valence-corrected chi connectivity index (χ3v) is 7.44. The van der Waals surface area contributed by atoms with Gasteiger partial charge < -0.3 is 14.8 Å². The lowest BCUT2D eigenvalue weighted by Gasteiger charge is -2.25. The van der Waals surface area contributed by atoms with Gasteiger partial charge in [0.2, 0.25) is 5.91 Å². The minimum atomic E-state index is -4.20. The number of methoxy groups -OCH3 is 2. The van der Waals surface area contributed by atoms with Crippen LogP contribution >= 0.6 is 0 Å². The molecule has 2 amide bonds. The maximum absolute atomic E-state index is 13.8. The van der Waals surface area contributed by atoms with Crippen molar-refractivity contribution < 1.29 is 27.5 Å². The van der Waals surface area contributed by atoms with Crippen LogP contribution in [0, 0.1) is 13.8 Å². The Morgan fingerprint density at radius 2 is 1.56 bits per heavy atom. The van der Waals surface area contributed by atoms with Crippen molar-refractivity contribution in [3.05, 3.63) is 77.4 Å². The second-order valence-corrected chi connectivity index (χ2v) is 10.7. The molecule has 0 saturated heterocycles. The minimum Gasteiger partial charge on any atom is -0.493 e. The zero-order valence-corrected chi connectivity index (χ0v) is 23.5. The number of carbonyl (C=O) groups is 2. The van der Waals surface area contributed by atoms with Gasteiger partial charge in [0.25, 0.3) is 15.9 Å². The fraction of sp³-hybridized carbons (Fsp3) is 0.250. The van der Waals surface area contributed by atoms with E-state index in [0.717, 1.165) is 15.4 Å². The number of nitrogens with zero attached hydrogens (tertiary/aromatic N) is 2. The molecule has 0 aliphatic carbocycles. The number of sulfonamides is 1. The van der Waals surface area contributed by atoms with Crippen LogP contribution in [0.3, 0.4) is 0 Å². The first-order chi connectivity index (χ1) is 18.4. The Morgan fingerprint density at radius 3 is 2.18 bits per heavy atom. The van der Waals surface area contributed by atoms with Crippen molar-refractivity contribution in [3.63, 3.8) is 0 Å². The average molecular weight is 553 g/mol. The number of anilines is 2. The maximum atomic E-state index is 13.8. The van der Waals surface area contributed by atoms with Gasteiger partial charge in [0.15, 0.2) is 11.5 Å². The second-order valence-electron chi connectivity index (χ2n) is 8.87. The largest absolute Gasteiger partial charge is 0.493 e. The molecule has 3 aromatic rings. The van der Waals surface area contributed by atoms with E-state index in [0.29, 0.717) is 28.4 Å². The third kappa shape index (κ3) is 7.35. The molecule has 206 valence electrons. The van der Waals surface area contributed by atoms with Crippen molar-refractivity contribution in [3.8, 4) is 11.5 Å². The highest BCUT2D eigenvalue weighted by molar-refractivity contribution is 7.92. The lowest BCUT2D eigenvalue weighted by Crippen LogP contribution is -2.39. The van der Waals surface area contributed by atoms with Gasteiger partial charge >= 0.3 is 0 Å². The van der Waals surface area contributed by atoms with E-state index >= 15 is 0 Å². The summed E-state index contributed by atoms with van der Waals surface area (Å²) >= 11 is 0. The molecule has 0 heterocycles. The molecule has 0 bridgehead atoms. The van der Waals surface area contributed by atoms with Crippen LogP contribution in [0.25, 0.3) is 0 Å². The van der Waals surface area contributed by atoms with Crippen molar-refractivity contribution in [2.75, 3.05) is 30.4 Å². The maximum Gasteiger partial charge on any atom is 0.264 e. The van der Waals surface area contributed by atoms with Crippen molar-refractivity contribution in [2.45, 2.75) is 32.6 Å². The van der Waals surface area contributed by atoms with Gasteiger partial charge in [0, 0.05) is 18.7 Å². The summed E-state index contributed by atoms with van der Waals surface area (Å²) in [5, 5.41) is 6.84. The first kappa shape index (κ1) is 29.2. The Hall–Kier alpha value is -4.38. The Bertz CT molecular complexity index is 1500. The van der Waals surface area contributed by atoms with Gasteiger partial charge in [-0.15, -0.1) is 0 Å². The first-order valence-corrected chi connectivity index (χ1v) is 13.4.